The van der Waals surface area contributed by atoms with Crippen molar-refractivity contribution < 1.29 is 48.2 Å². The van der Waals surface area contributed by atoms with Gasteiger partial charge in [-0.2, -0.15) is 0 Å². The Balaban J connectivity index is 1.52. The van der Waals surface area contributed by atoms with Crippen LogP contribution in [0, 0.1) is 34.5 Å². The molecular formula is C33H45NO10. The summed E-state index contributed by atoms with van der Waals surface area (Å²) in [5.74, 6) is -3.55. The van der Waals surface area contributed by atoms with Crippen LogP contribution < -0.4 is 0 Å². The maximum atomic E-state index is 13.7. The summed E-state index contributed by atoms with van der Waals surface area (Å²) in [5.41, 5.74) is -4.25. The number of carbonyl (C=O) groups excluding carboxylic acids is 2. The van der Waals surface area contributed by atoms with E-state index in [-0.39, 0.29) is 24.5 Å². The highest BCUT2D eigenvalue weighted by atomic mass is 16.6. The first kappa shape index (κ1) is 30.5. The second-order valence-electron chi connectivity index (χ2n) is 14.2. The van der Waals surface area contributed by atoms with Gasteiger partial charge in [-0.3, -0.25) is 4.79 Å². The molecule has 5 saturated carbocycles. The number of esters is 2. The van der Waals surface area contributed by atoms with E-state index in [9.17, 15) is 19.8 Å². The Morgan fingerprint density at radius 3 is 2.32 bits per heavy atom. The van der Waals surface area contributed by atoms with Crippen LogP contribution in [0.25, 0.3) is 0 Å². The number of aliphatic hydroxyl groups excluding tert-OH is 1. The van der Waals surface area contributed by atoms with Crippen LogP contribution in [-0.2, 0) is 33.2 Å². The van der Waals surface area contributed by atoms with E-state index < -0.39 is 76.1 Å². The van der Waals surface area contributed by atoms with Crippen molar-refractivity contribution >= 4 is 11.9 Å². The van der Waals surface area contributed by atoms with E-state index in [0.29, 0.717) is 25.1 Å². The smallest absolute Gasteiger partial charge is 0.338 e. The lowest BCUT2D eigenvalue weighted by molar-refractivity contribution is -0.341. The summed E-state index contributed by atoms with van der Waals surface area (Å²) >= 11 is 0. The minimum atomic E-state index is -1.69. The summed E-state index contributed by atoms with van der Waals surface area (Å²) in [7, 11) is 8.55. The number of aliphatic hydroxyl groups is 2. The first-order valence-electron chi connectivity index (χ1n) is 15.7. The third kappa shape index (κ3) is 3.36. The number of methoxy groups -OCH3 is 4. The molecule has 2 N–H and O–H groups in total. The van der Waals surface area contributed by atoms with Crippen molar-refractivity contribution in [1.82, 2.24) is 4.90 Å². The molecule has 6 fully saturated rings. The fraction of sp³-hybridized carbons (Fsp3) is 0.758. The van der Waals surface area contributed by atoms with Crippen LogP contribution in [0.4, 0.5) is 0 Å². The van der Waals surface area contributed by atoms with Crippen molar-refractivity contribution in [2.24, 2.45) is 34.5 Å². The SMILES string of the molecule is COC[C@@]12CC[C@H](OC)[C@]34C([C@H]([C@H](OC)[C@H]13)[C@]1(OC(C)=O)[C@H]3[C@@H](OC(=O)c5ccccc5)C(C[C@]34O)[C@@H](OC)[C@@H]1O)N(C)C2. The summed E-state index contributed by atoms with van der Waals surface area (Å²) in [6.07, 6.45) is -2.41. The van der Waals surface area contributed by atoms with Gasteiger partial charge in [0, 0.05) is 76.5 Å². The molecule has 1 saturated heterocycles. The molecule has 0 amide bonds. The fourth-order valence-corrected chi connectivity index (χ4v) is 12.3. The van der Waals surface area contributed by atoms with Crippen molar-refractivity contribution in [2.45, 2.75) is 73.9 Å². The summed E-state index contributed by atoms with van der Waals surface area (Å²) < 4.78 is 37.5. The molecule has 242 valence electrons. The van der Waals surface area contributed by atoms with Gasteiger partial charge in [0.1, 0.15) is 12.2 Å². The van der Waals surface area contributed by atoms with Gasteiger partial charge in [0.25, 0.3) is 0 Å². The number of fused-ring (bicyclic) bond motifs is 2. The Bertz CT molecular complexity index is 1310. The first-order valence-corrected chi connectivity index (χ1v) is 15.7. The van der Waals surface area contributed by atoms with E-state index in [1.165, 1.54) is 14.0 Å². The van der Waals surface area contributed by atoms with Crippen molar-refractivity contribution in [2.75, 3.05) is 48.6 Å². The lowest BCUT2D eigenvalue weighted by Gasteiger charge is -2.71. The van der Waals surface area contributed by atoms with Gasteiger partial charge in [0.15, 0.2) is 5.60 Å². The number of carbonyl (C=O) groups is 2. The maximum absolute atomic E-state index is 13.7. The molecule has 0 aromatic heterocycles. The van der Waals surface area contributed by atoms with E-state index in [1.54, 1.807) is 45.6 Å². The number of rotatable bonds is 8. The highest BCUT2D eigenvalue weighted by Gasteiger charge is 2.93. The number of likely N-dealkylation sites (tertiary alicyclic amines) is 1. The third-order valence-corrected chi connectivity index (χ3v) is 12.8. The van der Waals surface area contributed by atoms with Crippen LogP contribution in [-0.4, -0.2) is 123 Å². The minimum Gasteiger partial charge on any atom is -0.458 e. The second kappa shape index (κ2) is 10.2. The summed E-state index contributed by atoms with van der Waals surface area (Å²) in [4.78, 5) is 29.1. The molecule has 7 bridgehead atoms. The molecule has 7 rings (SSSR count). The Hall–Kier alpha value is -2.12. The predicted octanol–water partition coefficient (Wildman–Crippen LogP) is 1.29. The molecule has 1 spiro atoms. The van der Waals surface area contributed by atoms with Crippen molar-refractivity contribution in [3.8, 4) is 0 Å². The molecule has 11 nitrogen and oxygen atoms in total. The van der Waals surface area contributed by atoms with E-state index in [2.05, 4.69) is 4.90 Å². The molecule has 0 radical (unpaired) electrons. The van der Waals surface area contributed by atoms with Crippen LogP contribution in [0.5, 0.6) is 0 Å². The van der Waals surface area contributed by atoms with Gasteiger partial charge in [-0.15, -0.1) is 0 Å². The van der Waals surface area contributed by atoms with E-state index in [0.717, 1.165) is 6.42 Å². The molecule has 1 aliphatic heterocycles. The Labute approximate surface area is 258 Å². The highest BCUT2D eigenvalue weighted by Crippen LogP contribution is 2.81. The van der Waals surface area contributed by atoms with Crippen LogP contribution in [0.1, 0.15) is 36.5 Å². The van der Waals surface area contributed by atoms with E-state index >= 15 is 0 Å². The van der Waals surface area contributed by atoms with Crippen molar-refractivity contribution in [3.63, 3.8) is 0 Å². The number of ether oxygens (including phenoxy) is 6. The van der Waals surface area contributed by atoms with Gasteiger partial charge >= 0.3 is 11.9 Å². The average Bonchev–Trinajstić information content (AvgIpc) is 3.40. The zero-order valence-corrected chi connectivity index (χ0v) is 26.3. The Morgan fingerprint density at radius 2 is 1.70 bits per heavy atom. The van der Waals surface area contributed by atoms with Gasteiger partial charge in [-0.1, -0.05) is 18.2 Å². The Kier molecular flexibility index (Phi) is 7.07. The number of hydrogen-bond acceptors (Lipinski definition) is 11. The molecule has 1 aromatic carbocycles. The molecule has 14 atom stereocenters. The summed E-state index contributed by atoms with van der Waals surface area (Å²) in [5, 5.41) is 26.1. The molecule has 1 heterocycles. The Morgan fingerprint density at radius 1 is 1.00 bits per heavy atom. The molecule has 11 heteroatoms. The highest BCUT2D eigenvalue weighted by molar-refractivity contribution is 5.89. The normalized spacial score (nSPS) is 49.9. The van der Waals surface area contributed by atoms with Gasteiger partial charge in [0.2, 0.25) is 0 Å². The number of benzene rings is 1. The van der Waals surface area contributed by atoms with Crippen molar-refractivity contribution in [1.29, 1.82) is 0 Å². The van der Waals surface area contributed by atoms with Gasteiger partial charge in [0.05, 0.1) is 42.0 Å². The zero-order valence-electron chi connectivity index (χ0n) is 26.3. The van der Waals surface area contributed by atoms with Crippen molar-refractivity contribution in [3.05, 3.63) is 35.9 Å². The first-order chi connectivity index (χ1) is 21.0. The third-order valence-electron chi connectivity index (χ3n) is 12.8. The van der Waals surface area contributed by atoms with E-state index in [1.807, 2.05) is 13.1 Å². The number of piperidine rings is 1. The molecule has 6 aliphatic rings. The van der Waals surface area contributed by atoms with Gasteiger partial charge in [-0.05, 0) is 38.4 Å². The molecule has 2 unspecified atom stereocenters. The fourth-order valence-electron chi connectivity index (χ4n) is 12.3. The topological polar surface area (TPSA) is 133 Å². The lowest BCUT2D eigenvalue weighted by Crippen LogP contribution is -2.84. The quantitative estimate of drug-likeness (QED) is 0.410. The summed E-state index contributed by atoms with van der Waals surface area (Å²) in [6.45, 7) is 2.44. The minimum absolute atomic E-state index is 0.163. The second-order valence-corrected chi connectivity index (χ2v) is 14.2. The van der Waals surface area contributed by atoms with Gasteiger partial charge in [-0.25, -0.2) is 4.79 Å². The molecular weight excluding hydrogens is 570 g/mol. The maximum Gasteiger partial charge on any atom is 0.338 e. The van der Waals surface area contributed by atoms with E-state index in [4.69, 9.17) is 28.4 Å². The molecule has 44 heavy (non-hydrogen) atoms. The molecule has 5 aliphatic carbocycles. The van der Waals surface area contributed by atoms with Gasteiger partial charge < -0.3 is 43.5 Å². The molecule has 1 aromatic rings. The monoisotopic (exact) mass is 615 g/mol. The summed E-state index contributed by atoms with van der Waals surface area (Å²) in [6, 6.07) is 8.31. The largest absolute Gasteiger partial charge is 0.458 e. The lowest BCUT2D eigenvalue weighted by atomic mass is 9.41. The van der Waals surface area contributed by atoms with Crippen LogP contribution in [0.15, 0.2) is 30.3 Å². The van der Waals surface area contributed by atoms with Crippen LogP contribution in [0.2, 0.25) is 0 Å². The predicted molar refractivity (Wildman–Crippen MR) is 154 cm³/mol. The average molecular weight is 616 g/mol. The number of hydrogen-bond donors (Lipinski definition) is 2. The standard InChI is InChI=1S/C33H45NO10/c1-17(35)44-33-21-24(42-6)25-30(16-39-3)13-12-20(40-4)32(25,27(21)34(2)15-30)31(38)14-19(23(41-5)28(33)36)22(26(31)33)43-29(37)18-10-8-7-9-11-18/h7-11,19-28,36,38H,12-16H2,1-6H3/t19?,20-,21-,22-,23+,24-,25+,26-,27?,28-,30-,31-,32+,33-/m0/s1. The number of nitrogens with zero attached hydrogens (tertiary/aromatic N) is 1. The van der Waals surface area contributed by atoms with Crippen LogP contribution >= 0.6 is 0 Å². The van der Waals surface area contributed by atoms with Crippen LogP contribution in [0.3, 0.4) is 0 Å². The zero-order chi connectivity index (χ0) is 31.4.